The van der Waals surface area contributed by atoms with Gasteiger partial charge in [0.15, 0.2) is 0 Å². The van der Waals surface area contributed by atoms with Gasteiger partial charge in [0.05, 0.1) is 11.4 Å². The maximum Gasteiger partial charge on any atom is 0.243 e. The fourth-order valence-corrected chi connectivity index (χ4v) is 4.74. The summed E-state index contributed by atoms with van der Waals surface area (Å²) in [4.78, 5) is 26.9. The summed E-state index contributed by atoms with van der Waals surface area (Å²) in [5.41, 5.74) is 0.229. The van der Waals surface area contributed by atoms with Crippen molar-refractivity contribution >= 4 is 32.6 Å². The summed E-state index contributed by atoms with van der Waals surface area (Å²) in [6.07, 6.45) is 0. The first kappa shape index (κ1) is 25.3. The number of amides is 2. The van der Waals surface area contributed by atoms with Gasteiger partial charge in [-0.2, -0.15) is 4.31 Å². The highest BCUT2D eigenvalue weighted by atomic mass is 32.2. The Balaban J connectivity index is 1.86. The van der Waals surface area contributed by atoms with Crippen molar-refractivity contribution < 1.29 is 22.4 Å². The van der Waals surface area contributed by atoms with E-state index in [2.05, 4.69) is 5.32 Å². The molecule has 0 spiro atoms. The molecule has 0 saturated carbocycles. The number of hydrogen-bond donors (Lipinski definition) is 1. The molecule has 3 aromatic rings. The average Bonchev–Trinajstić information content (AvgIpc) is 2.82. The fourth-order valence-electron chi connectivity index (χ4n) is 3.59. The number of rotatable bonds is 9. The molecule has 7 nitrogen and oxygen atoms in total. The summed E-state index contributed by atoms with van der Waals surface area (Å²) in [5.74, 6) is -1.54. The van der Waals surface area contributed by atoms with Gasteiger partial charge in [-0.15, -0.1) is 0 Å². The molecular weight excluding hydrogens is 457 g/mol. The molecule has 0 aliphatic rings. The van der Waals surface area contributed by atoms with Crippen LogP contribution in [0.1, 0.15) is 19.4 Å². The number of halogens is 1. The zero-order chi connectivity index (χ0) is 24.9. The first-order valence-electron chi connectivity index (χ1n) is 10.9. The summed E-state index contributed by atoms with van der Waals surface area (Å²) < 4.78 is 41.6. The SMILES string of the molecule is CCNC(=O)[C@@H](C)N(Cc1ccccc1F)C(=O)CN(C)S(=O)(=O)c1ccc2ccccc2c1. The number of hydrogen-bond acceptors (Lipinski definition) is 4. The number of likely N-dealkylation sites (N-methyl/N-ethyl adjacent to an activating group) is 2. The molecule has 1 N–H and O–H groups in total. The minimum Gasteiger partial charge on any atom is -0.355 e. The van der Waals surface area contributed by atoms with E-state index in [0.717, 1.165) is 15.1 Å². The van der Waals surface area contributed by atoms with Crippen LogP contribution in [0.5, 0.6) is 0 Å². The van der Waals surface area contributed by atoms with Crippen LogP contribution in [0.15, 0.2) is 71.6 Å². The van der Waals surface area contributed by atoms with Crippen LogP contribution in [0.2, 0.25) is 0 Å². The lowest BCUT2D eigenvalue weighted by molar-refractivity contribution is -0.140. The summed E-state index contributed by atoms with van der Waals surface area (Å²) in [7, 11) is -2.68. The van der Waals surface area contributed by atoms with Crippen LogP contribution in [0.3, 0.4) is 0 Å². The molecule has 0 heterocycles. The zero-order valence-electron chi connectivity index (χ0n) is 19.4. The third-order valence-electron chi connectivity index (χ3n) is 5.60. The van der Waals surface area contributed by atoms with Crippen LogP contribution in [-0.4, -0.2) is 55.6 Å². The number of nitrogens with zero attached hydrogens (tertiary/aromatic N) is 2. The molecule has 0 bridgehead atoms. The Morgan fingerprint density at radius 2 is 1.65 bits per heavy atom. The Hall–Kier alpha value is -3.30. The molecule has 0 radical (unpaired) electrons. The highest BCUT2D eigenvalue weighted by molar-refractivity contribution is 7.89. The molecule has 9 heteroatoms. The van der Waals surface area contributed by atoms with Gasteiger partial charge in [-0.05, 0) is 42.8 Å². The Morgan fingerprint density at radius 3 is 2.32 bits per heavy atom. The molecule has 1 atom stereocenters. The van der Waals surface area contributed by atoms with Gasteiger partial charge >= 0.3 is 0 Å². The van der Waals surface area contributed by atoms with Crippen molar-refractivity contribution in [1.82, 2.24) is 14.5 Å². The molecule has 0 aromatic heterocycles. The minimum atomic E-state index is -3.99. The van der Waals surface area contributed by atoms with Crippen molar-refractivity contribution in [3.8, 4) is 0 Å². The molecule has 3 aromatic carbocycles. The van der Waals surface area contributed by atoms with E-state index in [4.69, 9.17) is 0 Å². The van der Waals surface area contributed by atoms with Crippen LogP contribution in [-0.2, 0) is 26.2 Å². The standard InChI is InChI=1S/C25H28FN3O4S/c1-4-27-25(31)18(2)29(16-21-11-7-8-12-23(21)26)24(30)17-28(3)34(32,33)22-14-13-19-9-5-6-10-20(19)15-22/h5-15,18H,4,16-17H2,1-3H3,(H,27,31)/t18-/m1/s1. The Kier molecular flexibility index (Phi) is 8.01. The van der Waals surface area contributed by atoms with Crippen LogP contribution < -0.4 is 5.32 Å². The number of carbonyl (C=O) groups is 2. The second-order valence-electron chi connectivity index (χ2n) is 7.95. The highest BCUT2D eigenvalue weighted by Gasteiger charge is 2.30. The average molecular weight is 486 g/mol. The molecule has 3 rings (SSSR count). The van der Waals surface area contributed by atoms with E-state index in [1.807, 2.05) is 24.3 Å². The molecule has 34 heavy (non-hydrogen) atoms. The maximum atomic E-state index is 14.3. The van der Waals surface area contributed by atoms with E-state index in [9.17, 15) is 22.4 Å². The van der Waals surface area contributed by atoms with E-state index in [0.29, 0.717) is 6.54 Å². The van der Waals surface area contributed by atoms with Crippen molar-refractivity contribution in [2.45, 2.75) is 31.3 Å². The van der Waals surface area contributed by atoms with Gasteiger partial charge in [0, 0.05) is 25.7 Å². The number of sulfonamides is 1. The molecule has 0 aliphatic heterocycles. The van der Waals surface area contributed by atoms with Crippen molar-refractivity contribution in [1.29, 1.82) is 0 Å². The lowest BCUT2D eigenvalue weighted by atomic mass is 10.1. The van der Waals surface area contributed by atoms with E-state index in [1.165, 1.54) is 43.1 Å². The molecule has 0 fully saturated rings. The molecule has 0 saturated heterocycles. The summed E-state index contributed by atoms with van der Waals surface area (Å²) in [6.45, 7) is 2.96. The Morgan fingerprint density at radius 1 is 1.00 bits per heavy atom. The van der Waals surface area contributed by atoms with Gasteiger partial charge in [-0.1, -0.05) is 48.5 Å². The number of nitrogens with one attached hydrogen (secondary N) is 1. The predicted octanol–water partition coefficient (Wildman–Crippen LogP) is 3.15. The van der Waals surface area contributed by atoms with Gasteiger partial charge in [0.25, 0.3) is 0 Å². The van der Waals surface area contributed by atoms with Crippen LogP contribution in [0.25, 0.3) is 10.8 Å². The van der Waals surface area contributed by atoms with Gasteiger partial charge in [0.2, 0.25) is 21.8 Å². The van der Waals surface area contributed by atoms with Gasteiger partial charge < -0.3 is 10.2 Å². The normalized spacial score (nSPS) is 12.5. The zero-order valence-corrected chi connectivity index (χ0v) is 20.2. The van der Waals surface area contributed by atoms with Crippen LogP contribution >= 0.6 is 0 Å². The first-order valence-corrected chi connectivity index (χ1v) is 12.3. The van der Waals surface area contributed by atoms with Gasteiger partial charge in [-0.3, -0.25) is 9.59 Å². The highest BCUT2D eigenvalue weighted by Crippen LogP contribution is 2.22. The van der Waals surface area contributed by atoms with Gasteiger partial charge in [0.1, 0.15) is 11.9 Å². The first-order chi connectivity index (χ1) is 16.1. The third-order valence-corrected chi connectivity index (χ3v) is 7.40. The summed E-state index contributed by atoms with van der Waals surface area (Å²) in [6, 6.07) is 17.1. The minimum absolute atomic E-state index is 0.0546. The molecule has 0 aliphatic carbocycles. The Labute approximate surface area is 199 Å². The largest absolute Gasteiger partial charge is 0.355 e. The Bertz CT molecular complexity index is 1300. The van der Waals surface area contributed by atoms with E-state index < -0.39 is 40.2 Å². The van der Waals surface area contributed by atoms with Crippen molar-refractivity contribution in [2.75, 3.05) is 20.1 Å². The molecular formula is C25H28FN3O4S. The summed E-state index contributed by atoms with van der Waals surface area (Å²) in [5, 5.41) is 4.30. The fraction of sp³-hybridized carbons (Fsp3) is 0.280. The van der Waals surface area contributed by atoms with Gasteiger partial charge in [-0.25, -0.2) is 12.8 Å². The monoisotopic (exact) mass is 485 g/mol. The lowest BCUT2D eigenvalue weighted by Gasteiger charge is -2.30. The second-order valence-corrected chi connectivity index (χ2v) is 10.00. The quantitative estimate of drug-likeness (QED) is 0.505. The molecule has 180 valence electrons. The topological polar surface area (TPSA) is 86.8 Å². The van der Waals surface area contributed by atoms with E-state index >= 15 is 0 Å². The van der Waals surface area contributed by atoms with Crippen molar-refractivity contribution in [3.05, 3.63) is 78.1 Å². The lowest BCUT2D eigenvalue weighted by Crippen LogP contribution is -2.50. The van der Waals surface area contributed by atoms with E-state index in [-0.39, 0.29) is 17.0 Å². The smallest absolute Gasteiger partial charge is 0.243 e. The maximum absolute atomic E-state index is 14.3. The van der Waals surface area contributed by atoms with Crippen molar-refractivity contribution in [3.63, 3.8) is 0 Å². The van der Waals surface area contributed by atoms with Crippen LogP contribution in [0, 0.1) is 5.82 Å². The van der Waals surface area contributed by atoms with Crippen LogP contribution in [0.4, 0.5) is 4.39 Å². The second kappa shape index (κ2) is 10.8. The predicted molar refractivity (Wildman–Crippen MR) is 129 cm³/mol. The molecule has 0 unspecified atom stereocenters. The number of fused-ring (bicyclic) bond motifs is 1. The molecule has 2 amide bonds. The summed E-state index contributed by atoms with van der Waals surface area (Å²) >= 11 is 0. The number of carbonyl (C=O) groups excluding carboxylic acids is 2. The number of benzene rings is 3. The van der Waals surface area contributed by atoms with Crippen molar-refractivity contribution in [2.24, 2.45) is 0 Å². The van der Waals surface area contributed by atoms with E-state index in [1.54, 1.807) is 25.1 Å². The third kappa shape index (κ3) is 5.60.